The van der Waals surface area contributed by atoms with Gasteiger partial charge in [-0.05, 0) is 18.6 Å². The van der Waals surface area contributed by atoms with Gasteiger partial charge >= 0.3 is 6.03 Å². The number of amides is 2. The number of hydrogen-bond acceptors (Lipinski definition) is 2. The number of fused-ring (bicyclic) bond motifs is 1. The number of aryl methyl sites for hydroxylation is 1. The molecule has 5 nitrogen and oxygen atoms in total. The molecule has 0 atom stereocenters. The van der Waals surface area contributed by atoms with E-state index in [-0.39, 0.29) is 6.03 Å². The van der Waals surface area contributed by atoms with Crippen molar-refractivity contribution in [3.8, 4) is 0 Å². The van der Waals surface area contributed by atoms with Crippen LogP contribution in [0.5, 0.6) is 0 Å². The van der Waals surface area contributed by atoms with Gasteiger partial charge in [0.1, 0.15) is 0 Å². The van der Waals surface area contributed by atoms with Gasteiger partial charge in [0.25, 0.3) is 0 Å². The van der Waals surface area contributed by atoms with Crippen molar-refractivity contribution in [2.24, 2.45) is 5.10 Å². The van der Waals surface area contributed by atoms with Crippen molar-refractivity contribution >= 4 is 11.7 Å². The van der Waals surface area contributed by atoms with Gasteiger partial charge in [0.05, 0.1) is 11.4 Å². The number of carbonyl (C=O) groups is 1. The van der Waals surface area contributed by atoms with Crippen molar-refractivity contribution in [1.29, 1.82) is 0 Å². The Balaban J connectivity index is 1.92. The van der Waals surface area contributed by atoms with E-state index in [1.807, 2.05) is 25.3 Å². The van der Waals surface area contributed by atoms with Gasteiger partial charge in [-0.2, -0.15) is 5.10 Å². The Morgan fingerprint density at radius 2 is 2.50 bits per heavy atom. The minimum absolute atomic E-state index is 0.237. The van der Waals surface area contributed by atoms with Gasteiger partial charge in [0.2, 0.25) is 0 Å². The molecule has 0 saturated carbocycles. The van der Waals surface area contributed by atoms with Gasteiger partial charge in [-0.1, -0.05) is 6.92 Å². The summed E-state index contributed by atoms with van der Waals surface area (Å²) in [6, 6.07) is 3.76. The lowest BCUT2D eigenvalue weighted by Crippen LogP contribution is -2.33. The number of urea groups is 1. The molecule has 0 spiro atoms. The molecule has 0 fully saturated rings. The van der Waals surface area contributed by atoms with Crippen LogP contribution in [0.1, 0.15) is 25.5 Å². The monoisotopic (exact) mass is 220 g/mol. The van der Waals surface area contributed by atoms with E-state index in [4.69, 9.17) is 0 Å². The van der Waals surface area contributed by atoms with Crippen molar-refractivity contribution in [3.63, 3.8) is 0 Å². The van der Waals surface area contributed by atoms with E-state index in [1.165, 1.54) is 0 Å². The number of hydrazone groups is 1. The third-order valence-electron chi connectivity index (χ3n) is 2.54. The molecule has 1 aromatic heterocycles. The summed E-state index contributed by atoms with van der Waals surface area (Å²) in [4.78, 5) is 11.3. The van der Waals surface area contributed by atoms with Gasteiger partial charge in [-0.3, -0.25) is 0 Å². The van der Waals surface area contributed by atoms with Crippen LogP contribution >= 0.6 is 0 Å². The Morgan fingerprint density at radius 3 is 3.31 bits per heavy atom. The molecule has 0 radical (unpaired) electrons. The second-order valence-electron chi connectivity index (χ2n) is 3.76. The molecule has 0 aliphatic carbocycles. The zero-order valence-electron chi connectivity index (χ0n) is 9.36. The molecular formula is C11H16N4O. The summed E-state index contributed by atoms with van der Waals surface area (Å²) in [6.45, 7) is 3.63. The van der Waals surface area contributed by atoms with Gasteiger partial charge in [-0.15, -0.1) is 0 Å². The van der Waals surface area contributed by atoms with Gasteiger partial charge in [0.15, 0.2) is 0 Å². The zero-order chi connectivity index (χ0) is 11.4. The average Bonchev–Trinajstić information content (AvgIpc) is 2.86. The summed E-state index contributed by atoms with van der Waals surface area (Å²) >= 11 is 0. The Bertz CT molecular complexity index is 408. The van der Waals surface area contributed by atoms with Crippen LogP contribution in [-0.2, 0) is 6.54 Å². The highest BCUT2D eigenvalue weighted by Gasteiger charge is 2.16. The fourth-order valence-electron chi connectivity index (χ4n) is 1.73. The maximum atomic E-state index is 11.3. The van der Waals surface area contributed by atoms with Crippen LogP contribution < -0.4 is 10.7 Å². The Labute approximate surface area is 94.5 Å². The first-order valence-electron chi connectivity index (χ1n) is 5.57. The maximum Gasteiger partial charge on any atom is 0.335 e. The molecule has 1 aromatic rings. The number of hydrogen-bond donors (Lipinski definition) is 2. The minimum atomic E-state index is -0.237. The molecule has 0 aromatic carbocycles. The number of carbonyl (C=O) groups excluding carboxylic acids is 1. The van der Waals surface area contributed by atoms with Gasteiger partial charge < -0.3 is 9.88 Å². The third-order valence-corrected chi connectivity index (χ3v) is 2.54. The third kappa shape index (κ3) is 2.24. The largest absolute Gasteiger partial charge is 0.346 e. The van der Waals surface area contributed by atoms with Crippen LogP contribution in [0.3, 0.4) is 0 Å². The van der Waals surface area contributed by atoms with Gasteiger partial charge in [0, 0.05) is 25.7 Å². The van der Waals surface area contributed by atoms with Gasteiger partial charge in [-0.25, -0.2) is 10.2 Å². The lowest BCUT2D eigenvalue weighted by molar-refractivity contribution is 0.241. The van der Waals surface area contributed by atoms with E-state index in [2.05, 4.69) is 20.4 Å². The molecular weight excluding hydrogens is 204 g/mol. The van der Waals surface area contributed by atoms with E-state index < -0.39 is 0 Å². The summed E-state index contributed by atoms with van der Waals surface area (Å²) in [5, 5.41) is 6.83. The highest BCUT2D eigenvalue weighted by atomic mass is 16.2. The Hall–Kier alpha value is -1.78. The molecule has 2 amide bonds. The zero-order valence-corrected chi connectivity index (χ0v) is 9.36. The summed E-state index contributed by atoms with van der Waals surface area (Å²) in [5.41, 5.74) is 4.55. The lowest BCUT2D eigenvalue weighted by Gasteiger charge is -2.02. The summed E-state index contributed by atoms with van der Waals surface area (Å²) < 4.78 is 2.13. The normalized spacial score (nSPS) is 16.2. The van der Waals surface area contributed by atoms with Crippen LogP contribution in [0.25, 0.3) is 0 Å². The van der Waals surface area contributed by atoms with Crippen LogP contribution in [0, 0.1) is 0 Å². The standard InChI is InChI=1S/C11H16N4O/c1-2-6-12-11(16)14-13-9-5-8-15-7-3-4-10(9)15/h3-4,7H,2,5-6,8H2,1H3,(H2,12,14,16). The lowest BCUT2D eigenvalue weighted by atomic mass is 10.2. The topological polar surface area (TPSA) is 58.4 Å². The van der Waals surface area contributed by atoms with E-state index >= 15 is 0 Å². The summed E-state index contributed by atoms with van der Waals surface area (Å²) in [5.74, 6) is 0. The predicted octanol–water partition coefficient (Wildman–Crippen LogP) is 1.31. The molecule has 0 unspecified atom stereocenters. The van der Waals surface area contributed by atoms with Crippen molar-refractivity contribution in [2.45, 2.75) is 26.3 Å². The van der Waals surface area contributed by atoms with Crippen LogP contribution in [-0.4, -0.2) is 22.9 Å². The molecule has 2 rings (SSSR count). The molecule has 0 saturated heterocycles. The van der Waals surface area contributed by atoms with E-state index in [1.54, 1.807) is 0 Å². The van der Waals surface area contributed by atoms with Crippen LogP contribution in [0.2, 0.25) is 0 Å². The highest BCUT2D eigenvalue weighted by Crippen LogP contribution is 2.15. The Morgan fingerprint density at radius 1 is 1.62 bits per heavy atom. The second kappa shape index (κ2) is 4.83. The first-order valence-corrected chi connectivity index (χ1v) is 5.57. The summed E-state index contributed by atoms with van der Waals surface area (Å²) in [7, 11) is 0. The molecule has 1 aliphatic heterocycles. The maximum absolute atomic E-state index is 11.3. The minimum Gasteiger partial charge on any atom is -0.346 e. The smallest absolute Gasteiger partial charge is 0.335 e. The fraction of sp³-hybridized carbons (Fsp3) is 0.455. The number of nitrogens with zero attached hydrogens (tertiary/aromatic N) is 2. The van der Waals surface area contributed by atoms with Crippen molar-refractivity contribution in [2.75, 3.05) is 6.54 Å². The summed E-state index contributed by atoms with van der Waals surface area (Å²) in [6.07, 6.45) is 3.83. The predicted molar refractivity (Wildman–Crippen MR) is 62.4 cm³/mol. The first kappa shape index (κ1) is 10.7. The highest BCUT2D eigenvalue weighted by molar-refractivity contribution is 6.01. The number of rotatable bonds is 3. The molecule has 86 valence electrons. The van der Waals surface area contributed by atoms with E-state index in [0.29, 0.717) is 6.54 Å². The molecule has 5 heteroatoms. The molecule has 2 N–H and O–H groups in total. The quantitative estimate of drug-likeness (QED) is 0.741. The first-order chi connectivity index (χ1) is 7.81. The van der Waals surface area contributed by atoms with Crippen LogP contribution in [0.15, 0.2) is 23.4 Å². The molecule has 16 heavy (non-hydrogen) atoms. The number of nitrogens with one attached hydrogen (secondary N) is 2. The van der Waals surface area contributed by atoms with Crippen molar-refractivity contribution < 1.29 is 4.79 Å². The van der Waals surface area contributed by atoms with Crippen molar-refractivity contribution in [1.82, 2.24) is 15.3 Å². The molecule has 1 aliphatic rings. The fourth-order valence-corrected chi connectivity index (χ4v) is 1.73. The molecule has 2 heterocycles. The van der Waals surface area contributed by atoms with E-state index in [9.17, 15) is 4.79 Å². The van der Waals surface area contributed by atoms with Crippen molar-refractivity contribution in [3.05, 3.63) is 24.0 Å². The average molecular weight is 220 g/mol. The second-order valence-corrected chi connectivity index (χ2v) is 3.76. The van der Waals surface area contributed by atoms with E-state index in [0.717, 1.165) is 30.8 Å². The Kier molecular flexibility index (Phi) is 3.24. The number of aromatic nitrogens is 1. The SMILES string of the molecule is CCCNC(=O)NN=C1CCn2cccc21. The molecule has 0 bridgehead atoms. The van der Waals surface area contributed by atoms with Crippen LogP contribution in [0.4, 0.5) is 4.79 Å².